The van der Waals surface area contributed by atoms with Gasteiger partial charge in [-0.05, 0) is 42.7 Å². The Kier molecular flexibility index (Phi) is 2.85. The third-order valence-electron chi connectivity index (χ3n) is 3.31. The molecule has 1 aliphatic rings. The summed E-state index contributed by atoms with van der Waals surface area (Å²) in [6.45, 7) is 3.81. The smallest absolute Gasteiger partial charge is 0.148 e. The zero-order valence-electron chi connectivity index (χ0n) is 10.0. The van der Waals surface area contributed by atoms with Crippen LogP contribution in [0, 0.1) is 26.2 Å². The van der Waals surface area contributed by atoms with E-state index in [2.05, 4.69) is 5.92 Å². The highest BCUT2D eigenvalue weighted by Gasteiger charge is 2.35. The highest BCUT2D eigenvalue weighted by Crippen LogP contribution is 2.33. The molecule has 0 saturated heterocycles. The minimum atomic E-state index is -0.554. The highest BCUT2D eigenvalue weighted by atomic mass is 16.2. The van der Waals surface area contributed by atoms with Crippen LogP contribution in [0.2, 0.25) is 0 Å². The molecule has 0 unspecified atom stereocenters. The first-order chi connectivity index (χ1) is 8.04. The average Bonchev–Trinajstić information content (AvgIpc) is 2.59. The van der Waals surface area contributed by atoms with Crippen molar-refractivity contribution in [3.63, 3.8) is 0 Å². The Hall–Kier alpha value is -1.88. The van der Waals surface area contributed by atoms with Gasteiger partial charge in [-0.1, -0.05) is 5.92 Å². The summed E-state index contributed by atoms with van der Waals surface area (Å²) in [6.07, 6.45) is 6.11. The van der Waals surface area contributed by atoms with Crippen molar-refractivity contribution < 1.29 is 9.59 Å². The number of rotatable bonds is 1. The first-order valence-electron chi connectivity index (χ1n) is 5.67. The van der Waals surface area contributed by atoms with Crippen molar-refractivity contribution in [1.82, 2.24) is 0 Å². The van der Waals surface area contributed by atoms with E-state index in [1.807, 2.05) is 26.0 Å². The Morgan fingerprint density at radius 3 is 2.00 bits per heavy atom. The van der Waals surface area contributed by atoms with Crippen molar-refractivity contribution in [3.05, 3.63) is 34.4 Å². The van der Waals surface area contributed by atoms with E-state index in [9.17, 15) is 9.59 Å². The molecule has 1 aliphatic carbocycles. The lowest BCUT2D eigenvalue weighted by molar-refractivity contribution is -0.123. The van der Waals surface area contributed by atoms with Gasteiger partial charge in [-0.3, -0.25) is 9.59 Å². The van der Waals surface area contributed by atoms with E-state index in [4.69, 9.17) is 6.42 Å². The minimum absolute atomic E-state index is 0.0367. The molecular weight excluding hydrogens is 212 g/mol. The molecule has 1 fully saturated rings. The van der Waals surface area contributed by atoms with Gasteiger partial charge in [-0.15, -0.1) is 6.42 Å². The van der Waals surface area contributed by atoms with Gasteiger partial charge < -0.3 is 0 Å². The van der Waals surface area contributed by atoms with Crippen LogP contribution >= 0.6 is 0 Å². The predicted octanol–water partition coefficient (Wildman–Crippen LogP) is 2.30. The van der Waals surface area contributed by atoms with Crippen molar-refractivity contribution in [2.45, 2.75) is 32.6 Å². The summed E-state index contributed by atoms with van der Waals surface area (Å²) < 4.78 is 0. The Morgan fingerprint density at radius 1 is 1.12 bits per heavy atom. The molecule has 0 heterocycles. The van der Waals surface area contributed by atoms with Crippen molar-refractivity contribution in [3.8, 4) is 12.3 Å². The molecule has 2 rings (SSSR count). The number of ketones is 2. The van der Waals surface area contributed by atoms with Crippen LogP contribution in [0.5, 0.6) is 0 Å². The fourth-order valence-electron chi connectivity index (χ4n) is 2.55. The van der Waals surface area contributed by atoms with Gasteiger partial charge in [0.05, 0.1) is 0 Å². The van der Waals surface area contributed by atoms with Crippen LogP contribution in [0.3, 0.4) is 0 Å². The minimum Gasteiger partial charge on any atom is -0.299 e. The Bertz CT molecular complexity index is 508. The van der Waals surface area contributed by atoms with Crippen molar-refractivity contribution in [1.29, 1.82) is 0 Å². The second kappa shape index (κ2) is 4.18. The number of hydrogen-bond acceptors (Lipinski definition) is 2. The van der Waals surface area contributed by atoms with Gasteiger partial charge in [0.1, 0.15) is 17.5 Å². The fraction of sp³-hybridized carbons (Fsp3) is 0.333. The van der Waals surface area contributed by atoms with Crippen LogP contribution in [-0.4, -0.2) is 11.6 Å². The quantitative estimate of drug-likeness (QED) is 0.544. The maximum atomic E-state index is 11.8. The van der Waals surface area contributed by atoms with Gasteiger partial charge in [0.25, 0.3) is 0 Å². The van der Waals surface area contributed by atoms with Crippen LogP contribution in [-0.2, 0) is 9.59 Å². The summed E-state index contributed by atoms with van der Waals surface area (Å²) in [4.78, 5) is 23.6. The fourth-order valence-corrected chi connectivity index (χ4v) is 2.55. The summed E-state index contributed by atoms with van der Waals surface area (Å²) >= 11 is 0. The molecule has 0 bridgehead atoms. The van der Waals surface area contributed by atoms with Crippen LogP contribution in [0.4, 0.5) is 0 Å². The van der Waals surface area contributed by atoms with Crippen molar-refractivity contribution in [2.75, 3.05) is 0 Å². The zero-order chi connectivity index (χ0) is 12.6. The molecule has 86 valence electrons. The van der Waals surface area contributed by atoms with E-state index in [0.29, 0.717) is 12.8 Å². The average molecular weight is 226 g/mol. The molecule has 1 aromatic carbocycles. The van der Waals surface area contributed by atoms with Gasteiger partial charge in [-0.25, -0.2) is 0 Å². The van der Waals surface area contributed by atoms with Gasteiger partial charge in [0.15, 0.2) is 0 Å². The van der Waals surface area contributed by atoms with Crippen LogP contribution in [0.1, 0.15) is 41.0 Å². The molecule has 17 heavy (non-hydrogen) atoms. The van der Waals surface area contributed by atoms with Crippen molar-refractivity contribution in [2.24, 2.45) is 0 Å². The van der Waals surface area contributed by atoms with Crippen LogP contribution in [0.25, 0.3) is 0 Å². The van der Waals surface area contributed by atoms with Gasteiger partial charge in [0, 0.05) is 18.4 Å². The molecule has 0 aliphatic heterocycles. The SMILES string of the molecule is C#Cc1cc(C)c(C2C(=O)CCC2=O)c(C)c1. The molecule has 0 spiro atoms. The summed E-state index contributed by atoms with van der Waals surface area (Å²) in [5, 5.41) is 0. The van der Waals surface area contributed by atoms with E-state index in [1.54, 1.807) is 0 Å². The molecule has 0 atom stereocenters. The number of carbonyl (C=O) groups is 2. The zero-order valence-corrected chi connectivity index (χ0v) is 10.0. The molecule has 1 aromatic rings. The van der Waals surface area contributed by atoms with Gasteiger partial charge >= 0.3 is 0 Å². The normalized spacial score (nSPS) is 16.3. The largest absolute Gasteiger partial charge is 0.299 e. The van der Waals surface area contributed by atoms with E-state index in [1.165, 1.54) is 0 Å². The number of aryl methyl sites for hydroxylation is 2. The Labute approximate surface area is 101 Å². The molecule has 0 aromatic heterocycles. The number of benzene rings is 1. The second-order valence-electron chi connectivity index (χ2n) is 4.53. The maximum Gasteiger partial charge on any atom is 0.148 e. The Morgan fingerprint density at radius 2 is 1.59 bits per heavy atom. The molecule has 2 heteroatoms. The first kappa shape index (κ1) is 11.6. The molecular formula is C15H14O2. The van der Waals surface area contributed by atoms with E-state index in [-0.39, 0.29) is 11.6 Å². The van der Waals surface area contributed by atoms with Crippen LogP contribution in [0.15, 0.2) is 12.1 Å². The molecule has 2 nitrogen and oxygen atoms in total. The van der Waals surface area contributed by atoms with Crippen molar-refractivity contribution >= 4 is 11.6 Å². The van der Waals surface area contributed by atoms with E-state index < -0.39 is 5.92 Å². The van der Waals surface area contributed by atoms with Gasteiger partial charge in [0.2, 0.25) is 0 Å². The molecule has 1 saturated carbocycles. The van der Waals surface area contributed by atoms with Crippen LogP contribution < -0.4 is 0 Å². The standard InChI is InChI=1S/C15H14O2/c1-4-11-7-9(2)14(10(3)8-11)15-12(16)5-6-13(15)17/h1,7-8,15H,5-6H2,2-3H3. The number of hydrogen-bond donors (Lipinski definition) is 0. The lowest BCUT2D eigenvalue weighted by Gasteiger charge is -2.15. The predicted molar refractivity (Wildman–Crippen MR) is 65.8 cm³/mol. The van der Waals surface area contributed by atoms with Gasteiger partial charge in [-0.2, -0.15) is 0 Å². The second-order valence-corrected chi connectivity index (χ2v) is 4.53. The molecule has 0 radical (unpaired) electrons. The maximum absolute atomic E-state index is 11.8. The Balaban J connectivity index is 2.57. The first-order valence-corrected chi connectivity index (χ1v) is 5.67. The summed E-state index contributed by atoms with van der Waals surface area (Å²) in [5.41, 5.74) is 3.52. The number of terminal acetylenes is 1. The lowest BCUT2D eigenvalue weighted by atomic mass is 9.87. The summed E-state index contributed by atoms with van der Waals surface area (Å²) in [6, 6.07) is 3.72. The molecule has 0 amide bonds. The topological polar surface area (TPSA) is 34.1 Å². The third kappa shape index (κ3) is 1.89. The number of Topliss-reactive ketones (excluding diaryl/α,β-unsaturated/α-hetero) is 2. The monoisotopic (exact) mass is 226 g/mol. The van der Waals surface area contributed by atoms with E-state index >= 15 is 0 Å². The lowest BCUT2D eigenvalue weighted by Crippen LogP contribution is -2.15. The third-order valence-corrected chi connectivity index (χ3v) is 3.31. The highest BCUT2D eigenvalue weighted by molar-refractivity contribution is 6.13. The summed E-state index contributed by atoms with van der Waals surface area (Å²) in [5.74, 6) is 2.10. The summed E-state index contributed by atoms with van der Waals surface area (Å²) in [7, 11) is 0. The van der Waals surface area contributed by atoms with E-state index in [0.717, 1.165) is 22.3 Å². The molecule has 0 N–H and O–H groups in total. The number of carbonyl (C=O) groups excluding carboxylic acids is 2.